The first kappa shape index (κ1) is 39.6. The number of hydrazine groups is 1. The average molecular weight is 805 g/mol. The molecule has 1 radical (unpaired) electrons. The van der Waals surface area contributed by atoms with Crippen LogP contribution in [0.5, 0.6) is 0 Å². The number of nitrogens with two attached hydrogens (primary N) is 3. The molecule has 2 aromatic rings. The van der Waals surface area contributed by atoms with Crippen molar-refractivity contribution in [3.63, 3.8) is 0 Å². The summed E-state index contributed by atoms with van der Waals surface area (Å²) in [6, 6.07) is 9.78. The Morgan fingerprint density at radius 3 is 1.62 bits per heavy atom. The quantitative estimate of drug-likeness (QED) is 0.0758. The largest absolute Gasteiger partial charge is 0.412 e. The predicted molar refractivity (Wildman–Crippen MR) is 152 cm³/mol. The van der Waals surface area contributed by atoms with E-state index in [4.69, 9.17) is 34.7 Å². The molecule has 0 heterocycles. The summed E-state index contributed by atoms with van der Waals surface area (Å²) in [7, 11) is 0. The summed E-state index contributed by atoms with van der Waals surface area (Å²) in [5.74, 6) is 4.28. The molecule has 17 heteroatoms. The molecule has 0 aliphatic heterocycles. The second kappa shape index (κ2) is 22.1. The van der Waals surface area contributed by atoms with Crippen molar-refractivity contribution in [2.24, 2.45) is 22.4 Å². The van der Waals surface area contributed by atoms with Gasteiger partial charge in [0.1, 0.15) is 6.29 Å². The van der Waals surface area contributed by atoms with Gasteiger partial charge in [0.25, 0.3) is 0 Å². The van der Waals surface area contributed by atoms with Gasteiger partial charge in [0.2, 0.25) is 11.8 Å². The minimum absolute atomic E-state index is 0. The van der Waals surface area contributed by atoms with Crippen molar-refractivity contribution in [2.75, 3.05) is 10.6 Å². The third kappa shape index (κ3) is 19.8. The first-order chi connectivity index (χ1) is 16.4. The topological polar surface area (TPSA) is 221 Å². The number of hydrogen-bond acceptors (Lipinski definition) is 7. The Balaban J connectivity index is -0.000000516. The Kier molecular flexibility index (Phi) is 23.6. The van der Waals surface area contributed by atoms with Crippen LogP contribution in [0.2, 0.25) is 10.0 Å². The van der Waals surface area contributed by atoms with Crippen LogP contribution in [0.3, 0.4) is 0 Å². The number of benzene rings is 2. The molecule has 199 valence electrons. The molecule has 0 unspecified atom stereocenters. The van der Waals surface area contributed by atoms with Gasteiger partial charge in [-0.1, -0.05) is 29.3 Å². The van der Waals surface area contributed by atoms with Crippen LogP contribution in [0.4, 0.5) is 11.4 Å². The first-order valence-corrected chi connectivity index (χ1v) is 10.9. The molecule has 0 bridgehead atoms. The number of amides is 2. The number of anilines is 2. The van der Waals surface area contributed by atoms with Crippen LogP contribution in [-0.2, 0) is 9.59 Å². The Morgan fingerprint density at radius 1 is 0.892 bits per heavy atom. The summed E-state index contributed by atoms with van der Waals surface area (Å²) in [5.41, 5.74) is 16.8. The fraction of sp³-hybridized carbons (Fsp3) is 0.100. The fourth-order valence-corrected chi connectivity index (χ4v) is 2.49. The van der Waals surface area contributed by atoms with Gasteiger partial charge in [0.05, 0.1) is 27.6 Å². The third-order valence-corrected chi connectivity index (χ3v) is 4.11. The van der Waals surface area contributed by atoms with E-state index in [1.54, 1.807) is 30.3 Å². The van der Waals surface area contributed by atoms with Crippen molar-refractivity contribution < 1.29 is 63.9 Å². The molecular formula is C20H26AcCl2N8O4S2. The zero-order valence-corrected chi connectivity index (χ0v) is 27.6. The molecule has 12 nitrogen and oxygen atoms in total. The van der Waals surface area contributed by atoms with Crippen LogP contribution in [0.1, 0.15) is 29.8 Å². The molecular weight excluding hydrogens is 778 g/mol. The van der Waals surface area contributed by atoms with Gasteiger partial charge < -0.3 is 33.0 Å². The van der Waals surface area contributed by atoms with E-state index in [-0.39, 0.29) is 71.6 Å². The van der Waals surface area contributed by atoms with Gasteiger partial charge in [-0.3, -0.25) is 19.8 Å². The van der Waals surface area contributed by atoms with Crippen molar-refractivity contribution in [1.29, 1.82) is 0 Å². The molecule has 12 N–H and O–H groups in total. The average Bonchev–Trinajstić information content (AvgIpc) is 2.77. The molecule has 2 aromatic carbocycles. The summed E-state index contributed by atoms with van der Waals surface area (Å²) in [6.45, 7) is 2.81. The number of nitrogens with zero attached hydrogens (tertiary/aromatic N) is 1. The van der Waals surface area contributed by atoms with Crippen LogP contribution in [-0.4, -0.2) is 40.0 Å². The smallest absolute Gasteiger partial charge is 0.221 e. The first-order valence-electron chi connectivity index (χ1n) is 9.33. The van der Waals surface area contributed by atoms with Gasteiger partial charge in [-0.25, -0.2) is 5.84 Å². The normalized spacial score (nSPS) is 8.89. The number of rotatable bonds is 5. The van der Waals surface area contributed by atoms with Crippen LogP contribution in [0.25, 0.3) is 0 Å². The van der Waals surface area contributed by atoms with E-state index in [2.05, 4.69) is 51.4 Å². The van der Waals surface area contributed by atoms with E-state index in [1.807, 2.05) is 5.43 Å². The standard InChI is InChI=1S/C10H11ClN4OS.C9H8ClNO2.CH5N3S.Ac.H2O/c1-6(16)14-9-3-2-7(4-8(9)11)5-13-15-10(12)17;1-6(13)11-9-3-2-7(5-12)4-8(9)10;2-1(5)4-3;;/h2-5H,1H3,(H,14,16)(H3,12,15,17);2-5H,1H3,(H,11,13);3H2,(H3,2,4,5);;1H2/b13-5+;;;;. The summed E-state index contributed by atoms with van der Waals surface area (Å²) < 4.78 is 0. The molecule has 0 aliphatic carbocycles. The van der Waals surface area contributed by atoms with Crippen molar-refractivity contribution in [2.45, 2.75) is 13.8 Å². The Hall–Kier alpha value is -1.96. The zero-order chi connectivity index (χ0) is 27.0. The number of carbonyl (C=O) groups is 3. The number of halogens is 2. The number of thiocarbonyl (C=S) groups is 2. The molecule has 2 amide bonds. The monoisotopic (exact) mass is 803 g/mol. The van der Waals surface area contributed by atoms with Crippen LogP contribution < -0.4 is 38.8 Å². The van der Waals surface area contributed by atoms with E-state index in [0.717, 1.165) is 5.56 Å². The summed E-state index contributed by atoms with van der Waals surface area (Å²) in [6.07, 6.45) is 2.21. The van der Waals surface area contributed by atoms with Crippen molar-refractivity contribution in [1.82, 2.24) is 10.9 Å². The maximum Gasteiger partial charge on any atom is 0.221 e. The van der Waals surface area contributed by atoms with Crippen molar-refractivity contribution in [3.05, 3.63) is 57.6 Å². The SMILES string of the molecule is CC(=O)Nc1ccc(/C=N/NC(N)=S)cc1Cl.CC(=O)Nc1ccc(C=O)cc1Cl.NNC(N)=S.O.[Ac]. The van der Waals surface area contributed by atoms with Crippen LogP contribution >= 0.6 is 47.6 Å². The van der Waals surface area contributed by atoms with E-state index in [9.17, 15) is 14.4 Å². The molecule has 0 saturated heterocycles. The Labute approximate surface area is 270 Å². The van der Waals surface area contributed by atoms with Gasteiger partial charge >= 0.3 is 0 Å². The number of nitrogens with one attached hydrogen (secondary N) is 4. The molecule has 0 saturated carbocycles. The minimum Gasteiger partial charge on any atom is -0.412 e. The predicted octanol–water partition coefficient (Wildman–Crippen LogP) is 1.45. The maximum atomic E-state index is 10.9. The molecule has 0 atom stereocenters. The zero-order valence-electron chi connectivity index (χ0n) is 19.7. The second-order valence-corrected chi connectivity index (χ2v) is 7.90. The number of carbonyl (C=O) groups excluding carboxylic acids is 3. The van der Waals surface area contributed by atoms with E-state index >= 15 is 0 Å². The molecule has 37 heavy (non-hydrogen) atoms. The van der Waals surface area contributed by atoms with Gasteiger partial charge in [-0.05, 0) is 60.3 Å². The Morgan fingerprint density at radius 2 is 1.30 bits per heavy atom. The minimum atomic E-state index is -0.194. The molecule has 0 aliphatic rings. The number of hydrogen-bond donors (Lipinski definition) is 7. The van der Waals surface area contributed by atoms with Gasteiger partial charge in [0.15, 0.2) is 10.2 Å². The summed E-state index contributed by atoms with van der Waals surface area (Å²) in [5, 5.41) is 9.92. The van der Waals surface area contributed by atoms with Crippen LogP contribution in [0.15, 0.2) is 41.5 Å². The summed E-state index contributed by atoms with van der Waals surface area (Å²) >= 11 is 20.6. The second-order valence-electron chi connectivity index (χ2n) is 6.20. The van der Waals surface area contributed by atoms with Crippen LogP contribution in [0, 0.1) is 44.1 Å². The molecule has 2 rings (SSSR count). The molecule has 0 spiro atoms. The van der Waals surface area contributed by atoms with E-state index in [1.165, 1.54) is 26.1 Å². The molecule has 0 fully saturated rings. The van der Waals surface area contributed by atoms with E-state index in [0.29, 0.717) is 33.3 Å². The number of hydrazone groups is 1. The summed E-state index contributed by atoms with van der Waals surface area (Å²) in [4.78, 5) is 31.9. The van der Waals surface area contributed by atoms with E-state index < -0.39 is 0 Å². The maximum absolute atomic E-state index is 10.9. The van der Waals surface area contributed by atoms with Gasteiger partial charge in [-0.2, -0.15) is 5.10 Å². The van der Waals surface area contributed by atoms with Gasteiger partial charge in [0, 0.05) is 63.5 Å². The van der Waals surface area contributed by atoms with Crippen molar-refractivity contribution in [3.8, 4) is 0 Å². The number of aldehydes is 1. The fourth-order valence-electron chi connectivity index (χ4n) is 1.97. The van der Waals surface area contributed by atoms with Crippen molar-refractivity contribution >= 4 is 93.6 Å². The van der Waals surface area contributed by atoms with Gasteiger partial charge in [-0.15, -0.1) is 0 Å². The molecule has 0 aromatic heterocycles. The Bertz CT molecular complexity index is 1110. The third-order valence-electron chi connectivity index (χ3n) is 3.27.